The summed E-state index contributed by atoms with van der Waals surface area (Å²) in [6, 6.07) is 3.39. The van der Waals surface area contributed by atoms with E-state index in [1.54, 1.807) is 12.1 Å². The van der Waals surface area contributed by atoms with E-state index in [4.69, 9.17) is 36.3 Å². The van der Waals surface area contributed by atoms with Gasteiger partial charge in [-0.15, -0.1) is 0 Å². The van der Waals surface area contributed by atoms with Crippen LogP contribution in [-0.4, -0.2) is 51.8 Å². The monoisotopic (exact) mass is 411 g/mol. The molecule has 0 aliphatic heterocycles. The molecule has 152 valence electrons. The molecular weight excluding hydrogens is 390 g/mol. The molecule has 0 aliphatic rings. The average molecular weight is 412 g/mol. The Balaban J connectivity index is 2.70. The average Bonchev–Trinajstić information content (AvgIpc) is 3.05. The summed E-state index contributed by atoms with van der Waals surface area (Å²) in [7, 11) is 5.69. The maximum absolute atomic E-state index is 12.1. The van der Waals surface area contributed by atoms with Crippen LogP contribution in [0.25, 0.3) is 11.1 Å². The number of ether oxygens (including phenoxy) is 4. The number of hydrogen-bond donors (Lipinski definition) is 3. The van der Waals surface area contributed by atoms with Crippen LogP contribution < -0.4 is 25.3 Å². The van der Waals surface area contributed by atoms with Gasteiger partial charge in [-0.25, -0.2) is 4.79 Å². The fraction of sp³-hybridized carbons (Fsp3) is 0.333. The highest BCUT2D eigenvalue weighted by molar-refractivity contribution is 6.36. The van der Waals surface area contributed by atoms with Crippen LogP contribution in [0.5, 0.6) is 17.2 Å². The number of amides is 1. The highest BCUT2D eigenvalue weighted by atomic mass is 35.5. The van der Waals surface area contributed by atoms with Gasteiger partial charge in [-0.3, -0.25) is 4.79 Å². The molecule has 10 heteroatoms. The molecule has 1 amide bonds. The van der Waals surface area contributed by atoms with E-state index >= 15 is 0 Å². The number of aromatic nitrogens is 1. The number of benzene rings is 1. The van der Waals surface area contributed by atoms with Gasteiger partial charge < -0.3 is 35.0 Å². The minimum atomic E-state index is -0.651. The first kappa shape index (κ1) is 21.4. The number of esters is 1. The summed E-state index contributed by atoms with van der Waals surface area (Å²) in [6.07, 6.45) is 0. The maximum atomic E-state index is 12.1. The lowest BCUT2D eigenvalue weighted by molar-refractivity contribution is -0.119. The number of nitrogens with two attached hydrogens (primary N) is 1. The summed E-state index contributed by atoms with van der Waals surface area (Å²) in [5, 5.41) is 2.76. The first-order valence-corrected chi connectivity index (χ1v) is 8.55. The standard InChI is InChI=1S/C18H22ClN3O6/c1-25-11-6-5-9(16(26-2)17(11)27-3)13-10(8-21-12(23)7-20)22-15(14(13)19)18(24)28-4/h5-6,22H,7-8,20H2,1-4H3,(H,21,23). The van der Waals surface area contributed by atoms with E-state index < -0.39 is 5.97 Å². The highest BCUT2D eigenvalue weighted by Gasteiger charge is 2.27. The highest BCUT2D eigenvalue weighted by Crippen LogP contribution is 2.47. The Bertz CT molecular complexity index is 881. The molecule has 2 aromatic rings. The van der Waals surface area contributed by atoms with E-state index in [9.17, 15) is 9.59 Å². The molecule has 0 atom stereocenters. The third kappa shape index (κ3) is 4.00. The second-order valence-corrected chi connectivity index (χ2v) is 5.90. The van der Waals surface area contributed by atoms with Gasteiger partial charge in [-0.05, 0) is 12.1 Å². The third-order valence-electron chi connectivity index (χ3n) is 4.03. The topological polar surface area (TPSA) is 125 Å². The third-order valence-corrected chi connectivity index (χ3v) is 4.41. The predicted octanol–water partition coefficient (Wildman–Crippen LogP) is 1.72. The van der Waals surface area contributed by atoms with Crippen molar-refractivity contribution in [2.45, 2.75) is 6.54 Å². The van der Waals surface area contributed by atoms with Gasteiger partial charge in [0.1, 0.15) is 5.69 Å². The normalized spacial score (nSPS) is 10.4. The van der Waals surface area contributed by atoms with E-state index in [1.807, 2.05) is 0 Å². The van der Waals surface area contributed by atoms with Crippen molar-refractivity contribution < 1.29 is 28.5 Å². The van der Waals surface area contributed by atoms with E-state index in [0.29, 0.717) is 34.1 Å². The van der Waals surface area contributed by atoms with Crippen molar-refractivity contribution in [2.24, 2.45) is 5.73 Å². The van der Waals surface area contributed by atoms with Crippen LogP contribution in [0.1, 0.15) is 16.2 Å². The van der Waals surface area contributed by atoms with Gasteiger partial charge in [0.2, 0.25) is 11.7 Å². The van der Waals surface area contributed by atoms with Crippen molar-refractivity contribution in [1.82, 2.24) is 10.3 Å². The summed E-state index contributed by atoms with van der Waals surface area (Å²) in [5.74, 6) is 0.153. The zero-order valence-electron chi connectivity index (χ0n) is 16.0. The van der Waals surface area contributed by atoms with Crippen molar-refractivity contribution in [2.75, 3.05) is 35.0 Å². The minimum Gasteiger partial charge on any atom is -0.493 e. The minimum absolute atomic E-state index is 0.0491. The summed E-state index contributed by atoms with van der Waals surface area (Å²) < 4.78 is 21.0. The molecule has 0 saturated carbocycles. The fourth-order valence-corrected chi connectivity index (χ4v) is 3.08. The van der Waals surface area contributed by atoms with Gasteiger partial charge in [0.25, 0.3) is 0 Å². The zero-order valence-corrected chi connectivity index (χ0v) is 16.7. The number of rotatable bonds is 8. The number of nitrogens with one attached hydrogen (secondary N) is 2. The Kier molecular flexibility index (Phi) is 7.13. The number of carbonyl (C=O) groups is 2. The summed E-state index contributed by atoms with van der Waals surface area (Å²) in [4.78, 5) is 26.6. The lowest BCUT2D eigenvalue weighted by Gasteiger charge is -2.16. The molecule has 0 aliphatic carbocycles. The first-order valence-electron chi connectivity index (χ1n) is 8.18. The number of methoxy groups -OCH3 is 4. The summed E-state index contributed by atoms with van der Waals surface area (Å²) in [5.41, 5.74) is 6.84. The van der Waals surface area contributed by atoms with Crippen LogP contribution in [0.4, 0.5) is 0 Å². The molecule has 9 nitrogen and oxygen atoms in total. The van der Waals surface area contributed by atoms with Crippen molar-refractivity contribution >= 4 is 23.5 Å². The molecular formula is C18H22ClN3O6. The van der Waals surface area contributed by atoms with Crippen LogP contribution in [-0.2, 0) is 16.1 Å². The zero-order chi connectivity index (χ0) is 20.8. The van der Waals surface area contributed by atoms with E-state index in [-0.39, 0.29) is 29.7 Å². The van der Waals surface area contributed by atoms with Gasteiger partial charge in [-0.1, -0.05) is 11.6 Å². The van der Waals surface area contributed by atoms with Gasteiger partial charge in [0.15, 0.2) is 11.5 Å². The van der Waals surface area contributed by atoms with Gasteiger partial charge in [0.05, 0.1) is 46.6 Å². The summed E-state index contributed by atoms with van der Waals surface area (Å²) >= 11 is 6.49. The molecule has 0 bridgehead atoms. The van der Waals surface area contributed by atoms with Crippen LogP contribution in [0.15, 0.2) is 12.1 Å². The Hall–Kier alpha value is -2.91. The van der Waals surface area contributed by atoms with Crippen molar-refractivity contribution in [3.8, 4) is 28.4 Å². The van der Waals surface area contributed by atoms with E-state index in [2.05, 4.69) is 10.3 Å². The van der Waals surface area contributed by atoms with Crippen LogP contribution in [0, 0.1) is 0 Å². The van der Waals surface area contributed by atoms with Crippen molar-refractivity contribution in [3.63, 3.8) is 0 Å². The number of hydrogen-bond acceptors (Lipinski definition) is 7. The predicted molar refractivity (Wildman–Crippen MR) is 103 cm³/mol. The number of H-pyrrole nitrogens is 1. The smallest absolute Gasteiger partial charge is 0.356 e. The van der Waals surface area contributed by atoms with Gasteiger partial charge in [0, 0.05) is 16.8 Å². The molecule has 0 saturated heterocycles. The molecule has 1 heterocycles. The maximum Gasteiger partial charge on any atom is 0.356 e. The Morgan fingerprint density at radius 3 is 2.32 bits per heavy atom. The largest absolute Gasteiger partial charge is 0.493 e. The van der Waals surface area contributed by atoms with Crippen LogP contribution in [0.2, 0.25) is 5.02 Å². The van der Waals surface area contributed by atoms with Crippen molar-refractivity contribution in [3.05, 3.63) is 28.5 Å². The molecule has 4 N–H and O–H groups in total. The molecule has 0 radical (unpaired) electrons. The van der Waals surface area contributed by atoms with Crippen molar-refractivity contribution in [1.29, 1.82) is 0 Å². The van der Waals surface area contributed by atoms with Gasteiger partial charge in [-0.2, -0.15) is 0 Å². The lowest BCUT2D eigenvalue weighted by atomic mass is 10.0. The second-order valence-electron chi connectivity index (χ2n) is 5.52. The molecule has 0 unspecified atom stereocenters. The molecule has 1 aromatic heterocycles. The molecule has 0 fully saturated rings. The Labute approximate surface area is 167 Å². The first-order chi connectivity index (χ1) is 13.4. The number of aromatic amines is 1. The Morgan fingerprint density at radius 2 is 1.79 bits per heavy atom. The van der Waals surface area contributed by atoms with E-state index in [0.717, 1.165) is 0 Å². The SMILES string of the molecule is COC(=O)c1[nH]c(CNC(=O)CN)c(-c2ccc(OC)c(OC)c2OC)c1Cl. The quantitative estimate of drug-likeness (QED) is 0.565. The molecule has 1 aromatic carbocycles. The molecule has 28 heavy (non-hydrogen) atoms. The summed E-state index contributed by atoms with van der Waals surface area (Å²) in [6.45, 7) is -0.118. The number of carbonyl (C=O) groups excluding carboxylic acids is 2. The lowest BCUT2D eigenvalue weighted by Crippen LogP contribution is -2.30. The Morgan fingerprint density at radius 1 is 1.11 bits per heavy atom. The molecule has 0 spiro atoms. The number of halogens is 1. The fourth-order valence-electron chi connectivity index (χ4n) is 2.74. The van der Waals surface area contributed by atoms with Gasteiger partial charge >= 0.3 is 5.97 Å². The second kappa shape index (κ2) is 9.34. The van der Waals surface area contributed by atoms with Crippen LogP contribution in [0.3, 0.4) is 0 Å². The molecule has 2 rings (SSSR count). The van der Waals surface area contributed by atoms with E-state index in [1.165, 1.54) is 28.4 Å². The van der Waals surface area contributed by atoms with Crippen LogP contribution >= 0.6 is 11.6 Å².